The zero-order valence-corrected chi connectivity index (χ0v) is 17.9. The van der Waals surface area contributed by atoms with Gasteiger partial charge in [0.1, 0.15) is 17.1 Å². The number of aromatic amines is 1. The minimum absolute atomic E-state index is 0.189. The predicted octanol–water partition coefficient (Wildman–Crippen LogP) is 2.67. The molecule has 3 aromatic rings. The summed E-state index contributed by atoms with van der Waals surface area (Å²) in [5, 5.41) is 13.3. The summed E-state index contributed by atoms with van der Waals surface area (Å²) in [7, 11) is 1.75. The summed E-state index contributed by atoms with van der Waals surface area (Å²) in [6, 6.07) is 5.84. The lowest BCUT2D eigenvalue weighted by Gasteiger charge is -2.34. The first-order valence-corrected chi connectivity index (χ1v) is 10.6. The van der Waals surface area contributed by atoms with E-state index in [4.69, 9.17) is 14.9 Å². The molecule has 31 heavy (non-hydrogen) atoms. The number of carbonyl (C=O) groups is 1. The molecule has 1 aliphatic carbocycles. The van der Waals surface area contributed by atoms with Gasteiger partial charge < -0.3 is 9.72 Å². The first kappa shape index (κ1) is 21.0. The lowest BCUT2D eigenvalue weighted by atomic mass is 9.71. The van der Waals surface area contributed by atoms with E-state index < -0.39 is 0 Å². The summed E-state index contributed by atoms with van der Waals surface area (Å²) in [5.74, 6) is 0.738. The van der Waals surface area contributed by atoms with E-state index in [-0.39, 0.29) is 23.3 Å². The van der Waals surface area contributed by atoms with Crippen LogP contribution >= 0.6 is 0 Å². The maximum absolute atomic E-state index is 12.9. The summed E-state index contributed by atoms with van der Waals surface area (Å²) < 4.78 is 7.39. The third kappa shape index (κ3) is 3.81. The molecule has 1 aliphatic rings. The van der Waals surface area contributed by atoms with Gasteiger partial charge in [0.15, 0.2) is 5.52 Å². The molecule has 0 bridgehead atoms. The minimum Gasteiger partial charge on any atom is -0.493 e. The second kappa shape index (κ2) is 8.50. The molecule has 164 valence electrons. The Balaban J connectivity index is 1.77. The van der Waals surface area contributed by atoms with Crippen LogP contribution in [-0.4, -0.2) is 37.5 Å². The Hall–Kier alpha value is -3.20. The number of hydrogen-bond donors (Lipinski definition) is 3. The number of H-pyrrole nitrogens is 1. The first-order valence-electron chi connectivity index (χ1n) is 10.6. The summed E-state index contributed by atoms with van der Waals surface area (Å²) in [4.78, 5) is 32.1. The van der Waals surface area contributed by atoms with Crippen molar-refractivity contribution in [3.8, 4) is 17.1 Å². The number of amides is 1. The third-order valence-corrected chi connectivity index (χ3v) is 5.90. The normalized spacial score (nSPS) is 18.1. The van der Waals surface area contributed by atoms with E-state index in [9.17, 15) is 9.59 Å². The average molecular weight is 425 g/mol. The minimum atomic E-state index is -0.348. The molecular weight excluding hydrogens is 398 g/mol. The van der Waals surface area contributed by atoms with E-state index in [0.717, 1.165) is 24.1 Å². The van der Waals surface area contributed by atoms with Gasteiger partial charge in [0, 0.05) is 13.0 Å². The summed E-state index contributed by atoms with van der Waals surface area (Å²) in [6.45, 7) is 4.45. The van der Waals surface area contributed by atoms with Gasteiger partial charge in [0.05, 0.1) is 17.9 Å². The number of nitrogens with zero attached hydrogens (tertiary/aromatic N) is 3. The largest absolute Gasteiger partial charge is 0.493 e. The number of benzene rings is 1. The van der Waals surface area contributed by atoms with Crippen LogP contribution in [0, 0.1) is 5.92 Å². The number of hydroxylamine groups is 1. The van der Waals surface area contributed by atoms with Gasteiger partial charge in [0.2, 0.25) is 5.91 Å². The number of hydrogen-bond acceptors (Lipinski definition) is 6. The van der Waals surface area contributed by atoms with E-state index in [2.05, 4.69) is 17.0 Å². The highest BCUT2D eigenvalue weighted by Crippen LogP contribution is 2.43. The van der Waals surface area contributed by atoms with Crippen molar-refractivity contribution in [1.82, 2.24) is 25.2 Å². The van der Waals surface area contributed by atoms with Crippen molar-refractivity contribution in [2.75, 3.05) is 6.61 Å². The monoisotopic (exact) mass is 425 g/mol. The van der Waals surface area contributed by atoms with Gasteiger partial charge in [0.25, 0.3) is 5.56 Å². The second-order valence-electron chi connectivity index (χ2n) is 7.96. The van der Waals surface area contributed by atoms with E-state index in [0.29, 0.717) is 47.6 Å². The molecule has 9 nitrogen and oxygen atoms in total. The van der Waals surface area contributed by atoms with E-state index in [1.54, 1.807) is 17.2 Å². The number of nitrogens with one attached hydrogen (secondary N) is 2. The maximum Gasteiger partial charge on any atom is 0.277 e. The molecule has 0 saturated heterocycles. The molecule has 0 atom stereocenters. The Kier molecular flexibility index (Phi) is 5.77. The molecule has 3 N–H and O–H groups in total. The standard InChI is InChI=1S/C22H27N5O4/c1-4-6-16-18-19(27(3)25-16)22(29)24-20(23-18)15-11-12(7-8-17(15)31-5-2)13-9-14(10-13)21(28)26-30/h7-8,11,13-14,30H,4-6,9-10H2,1-3H3,(H,26,28)(H,23,24,29). The van der Waals surface area contributed by atoms with Gasteiger partial charge in [-0.3, -0.25) is 19.5 Å². The lowest BCUT2D eigenvalue weighted by molar-refractivity contribution is -0.136. The van der Waals surface area contributed by atoms with Gasteiger partial charge in [-0.05, 0) is 49.8 Å². The average Bonchev–Trinajstić information content (AvgIpc) is 3.04. The van der Waals surface area contributed by atoms with Crippen molar-refractivity contribution in [2.24, 2.45) is 13.0 Å². The van der Waals surface area contributed by atoms with Crippen LogP contribution in [0.15, 0.2) is 23.0 Å². The van der Waals surface area contributed by atoms with Crippen molar-refractivity contribution < 1.29 is 14.7 Å². The highest BCUT2D eigenvalue weighted by Gasteiger charge is 2.35. The van der Waals surface area contributed by atoms with E-state index in [1.165, 1.54) is 0 Å². The number of rotatable bonds is 7. The molecule has 1 saturated carbocycles. The van der Waals surface area contributed by atoms with Gasteiger partial charge in [-0.1, -0.05) is 19.4 Å². The Labute approximate surface area is 179 Å². The van der Waals surface area contributed by atoms with Crippen molar-refractivity contribution in [3.63, 3.8) is 0 Å². The molecule has 0 radical (unpaired) electrons. The zero-order chi connectivity index (χ0) is 22.1. The number of fused-ring (bicyclic) bond motifs is 1. The Morgan fingerprint density at radius 3 is 2.81 bits per heavy atom. The summed E-state index contributed by atoms with van der Waals surface area (Å²) in [5.41, 5.74) is 5.11. The van der Waals surface area contributed by atoms with Crippen LogP contribution in [0.4, 0.5) is 0 Å². The zero-order valence-electron chi connectivity index (χ0n) is 17.9. The van der Waals surface area contributed by atoms with E-state index in [1.807, 2.05) is 25.1 Å². The van der Waals surface area contributed by atoms with Crippen molar-refractivity contribution in [2.45, 2.75) is 45.4 Å². The molecule has 0 spiro atoms. The third-order valence-electron chi connectivity index (χ3n) is 5.90. The quantitative estimate of drug-likeness (QED) is 0.395. The van der Waals surface area contributed by atoms with Crippen LogP contribution in [0.1, 0.15) is 50.3 Å². The fraction of sp³-hybridized carbons (Fsp3) is 0.455. The van der Waals surface area contributed by atoms with Crippen LogP contribution < -0.4 is 15.8 Å². The number of aryl methyl sites for hydroxylation is 2. The fourth-order valence-electron chi connectivity index (χ4n) is 4.24. The second-order valence-corrected chi connectivity index (χ2v) is 7.96. The molecule has 1 fully saturated rings. The van der Waals surface area contributed by atoms with Gasteiger partial charge in [-0.25, -0.2) is 10.5 Å². The van der Waals surface area contributed by atoms with Gasteiger partial charge in [-0.2, -0.15) is 5.10 Å². The topological polar surface area (TPSA) is 122 Å². The highest BCUT2D eigenvalue weighted by molar-refractivity contribution is 5.80. The Morgan fingerprint density at radius 1 is 1.35 bits per heavy atom. The SMILES string of the molecule is CCCc1nn(C)c2c(=O)[nH]c(-c3cc(C4CC(C(=O)NO)C4)ccc3OCC)nc12. The Bertz CT molecular complexity index is 1180. The molecule has 1 amide bonds. The van der Waals surface area contributed by atoms with Crippen molar-refractivity contribution >= 4 is 16.9 Å². The first-order chi connectivity index (χ1) is 15.0. The van der Waals surface area contributed by atoms with Crippen LogP contribution in [0.25, 0.3) is 22.4 Å². The summed E-state index contributed by atoms with van der Waals surface area (Å²) >= 11 is 0. The van der Waals surface area contributed by atoms with Crippen LogP contribution in [-0.2, 0) is 18.3 Å². The predicted molar refractivity (Wildman–Crippen MR) is 115 cm³/mol. The van der Waals surface area contributed by atoms with Crippen LogP contribution in [0.2, 0.25) is 0 Å². The molecular formula is C22H27N5O4. The smallest absolute Gasteiger partial charge is 0.277 e. The molecule has 2 heterocycles. The van der Waals surface area contributed by atoms with Crippen LogP contribution in [0.3, 0.4) is 0 Å². The molecule has 0 unspecified atom stereocenters. The number of carbonyl (C=O) groups excluding carboxylic acids is 1. The molecule has 2 aromatic heterocycles. The fourth-order valence-corrected chi connectivity index (χ4v) is 4.24. The Morgan fingerprint density at radius 2 is 2.13 bits per heavy atom. The van der Waals surface area contributed by atoms with E-state index >= 15 is 0 Å². The lowest BCUT2D eigenvalue weighted by Crippen LogP contribution is -2.36. The van der Waals surface area contributed by atoms with Crippen LogP contribution in [0.5, 0.6) is 5.75 Å². The summed E-state index contributed by atoms with van der Waals surface area (Å²) in [6.07, 6.45) is 2.96. The maximum atomic E-state index is 12.9. The van der Waals surface area contributed by atoms with Gasteiger partial charge in [-0.15, -0.1) is 0 Å². The molecule has 0 aliphatic heterocycles. The van der Waals surface area contributed by atoms with Gasteiger partial charge >= 0.3 is 0 Å². The highest BCUT2D eigenvalue weighted by atomic mass is 16.5. The molecule has 9 heteroatoms. The van der Waals surface area contributed by atoms with Crippen molar-refractivity contribution in [1.29, 1.82) is 0 Å². The molecule has 1 aromatic carbocycles. The van der Waals surface area contributed by atoms with Crippen molar-refractivity contribution in [3.05, 3.63) is 39.8 Å². The number of ether oxygens (including phenoxy) is 1. The molecule has 4 rings (SSSR count). The number of aromatic nitrogens is 4.